The van der Waals surface area contributed by atoms with Gasteiger partial charge >= 0.3 is 18.4 Å². The predicted octanol–water partition coefficient (Wildman–Crippen LogP) is 4.30. The van der Waals surface area contributed by atoms with Crippen LogP contribution in [0.2, 0.25) is 0 Å². The lowest BCUT2D eigenvalue weighted by molar-refractivity contribution is -0.142. The molecule has 0 aliphatic rings. The molecule has 0 fully saturated rings. The number of nitrogens with zero attached hydrogens (tertiary/aromatic N) is 1. The summed E-state index contributed by atoms with van der Waals surface area (Å²) in [6, 6.07) is 0.829. The number of hydrogen-bond donors (Lipinski definition) is 0. The molecule has 0 bridgehead atoms. The molecule has 0 atom stereocenters. The summed E-state index contributed by atoms with van der Waals surface area (Å²) >= 11 is 0. The fourth-order valence-corrected chi connectivity index (χ4v) is 1.34. The molecule has 20 heavy (non-hydrogen) atoms. The van der Waals surface area contributed by atoms with Gasteiger partial charge in [-0.3, -0.25) is 0 Å². The summed E-state index contributed by atoms with van der Waals surface area (Å²) in [5.74, 6) is -1.05. The summed E-state index contributed by atoms with van der Waals surface area (Å²) < 4.78 is 84.6. The number of ether oxygens (including phenoxy) is 1. The summed E-state index contributed by atoms with van der Waals surface area (Å²) in [6.07, 6.45) is -7.33. The van der Waals surface area contributed by atoms with Crippen LogP contribution in [0.5, 0.6) is 11.8 Å². The molecule has 0 amide bonds. The Labute approximate surface area is 107 Å². The highest BCUT2D eigenvalue weighted by Crippen LogP contribution is 2.41. The minimum Gasteiger partial charge on any atom is -0.417 e. The minimum absolute atomic E-state index is 0.229. The summed E-state index contributed by atoms with van der Waals surface area (Å²) in [4.78, 5) is 3.26. The number of oxazole rings is 1. The Morgan fingerprint density at radius 1 is 1.05 bits per heavy atom. The molecule has 0 aliphatic heterocycles. The molecule has 0 saturated carbocycles. The number of alkyl halides is 6. The molecular formula is C11H4F6NO2. The van der Waals surface area contributed by atoms with Crippen LogP contribution in [-0.2, 0) is 12.4 Å². The Balaban J connectivity index is 2.48. The summed E-state index contributed by atoms with van der Waals surface area (Å²) in [5.41, 5.74) is -2.65. The van der Waals surface area contributed by atoms with Gasteiger partial charge in [0.25, 0.3) is 0 Å². The Bertz CT molecular complexity index is 588. The van der Waals surface area contributed by atoms with Gasteiger partial charge < -0.3 is 9.15 Å². The molecule has 0 unspecified atom stereocenters. The number of halogens is 6. The van der Waals surface area contributed by atoms with E-state index in [0.29, 0.717) is 6.07 Å². The van der Waals surface area contributed by atoms with Crippen LogP contribution >= 0.6 is 0 Å². The predicted molar refractivity (Wildman–Crippen MR) is 51.9 cm³/mol. The maximum Gasteiger partial charge on any atom is 0.419 e. The molecule has 1 heterocycles. The first-order valence-corrected chi connectivity index (χ1v) is 4.96. The molecule has 1 radical (unpaired) electrons. The number of benzene rings is 1. The van der Waals surface area contributed by atoms with Crippen LogP contribution < -0.4 is 4.74 Å². The van der Waals surface area contributed by atoms with Gasteiger partial charge in [-0.15, -0.1) is 0 Å². The zero-order chi connectivity index (χ0) is 15.0. The van der Waals surface area contributed by atoms with E-state index in [9.17, 15) is 26.3 Å². The van der Waals surface area contributed by atoms with Crippen molar-refractivity contribution in [2.24, 2.45) is 0 Å². The van der Waals surface area contributed by atoms with Crippen LogP contribution in [0.15, 0.2) is 28.9 Å². The van der Waals surface area contributed by atoms with Crippen LogP contribution in [0.1, 0.15) is 11.1 Å². The SMILES string of the molecule is FC(F)(F)c1ccc(C(F)(F)F)c(Oc2n[c]co2)c1. The summed E-state index contributed by atoms with van der Waals surface area (Å²) in [6.45, 7) is 0. The minimum atomic E-state index is -4.88. The topological polar surface area (TPSA) is 35.3 Å². The van der Waals surface area contributed by atoms with Gasteiger partial charge in [-0.25, -0.2) is 0 Å². The first kappa shape index (κ1) is 14.2. The Hall–Kier alpha value is -2.19. The van der Waals surface area contributed by atoms with E-state index in [1.165, 1.54) is 0 Å². The normalized spacial score (nSPS) is 12.5. The van der Waals surface area contributed by atoms with Gasteiger partial charge in [0.2, 0.25) is 0 Å². The van der Waals surface area contributed by atoms with Crippen molar-refractivity contribution in [3.63, 3.8) is 0 Å². The van der Waals surface area contributed by atoms with Gasteiger partial charge in [-0.05, 0) is 18.2 Å². The van der Waals surface area contributed by atoms with Crippen LogP contribution in [0, 0.1) is 6.20 Å². The molecule has 1 aromatic heterocycles. The lowest BCUT2D eigenvalue weighted by Gasteiger charge is -2.14. The van der Waals surface area contributed by atoms with Crippen molar-refractivity contribution >= 4 is 0 Å². The van der Waals surface area contributed by atoms with Crippen LogP contribution in [0.25, 0.3) is 0 Å². The van der Waals surface area contributed by atoms with E-state index in [2.05, 4.69) is 20.3 Å². The van der Waals surface area contributed by atoms with E-state index in [4.69, 9.17) is 0 Å². The van der Waals surface area contributed by atoms with Crippen LogP contribution in [0.3, 0.4) is 0 Å². The Morgan fingerprint density at radius 2 is 1.75 bits per heavy atom. The van der Waals surface area contributed by atoms with Crippen molar-refractivity contribution in [1.29, 1.82) is 0 Å². The van der Waals surface area contributed by atoms with Gasteiger partial charge in [0.05, 0.1) is 11.1 Å². The van der Waals surface area contributed by atoms with Crippen molar-refractivity contribution in [2.45, 2.75) is 12.4 Å². The maximum atomic E-state index is 12.7. The zero-order valence-electron chi connectivity index (χ0n) is 9.34. The van der Waals surface area contributed by atoms with E-state index >= 15 is 0 Å². The molecular weight excluding hydrogens is 292 g/mol. The van der Waals surface area contributed by atoms with Gasteiger partial charge in [0.1, 0.15) is 18.2 Å². The third-order valence-corrected chi connectivity index (χ3v) is 2.18. The lowest BCUT2D eigenvalue weighted by Crippen LogP contribution is -2.10. The van der Waals surface area contributed by atoms with Crippen LogP contribution in [-0.4, -0.2) is 4.98 Å². The molecule has 1 aromatic carbocycles. The first-order valence-electron chi connectivity index (χ1n) is 4.96. The van der Waals surface area contributed by atoms with Crippen molar-refractivity contribution in [1.82, 2.24) is 4.98 Å². The number of aromatic nitrogens is 1. The van der Waals surface area contributed by atoms with E-state index in [-0.39, 0.29) is 12.1 Å². The highest BCUT2D eigenvalue weighted by molar-refractivity contribution is 5.41. The van der Waals surface area contributed by atoms with Crippen LogP contribution in [0.4, 0.5) is 26.3 Å². The van der Waals surface area contributed by atoms with Gasteiger partial charge in [-0.2, -0.15) is 31.3 Å². The smallest absolute Gasteiger partial charge is 0.417 e. The van der Waals surface area contributed by atoms with E-state index in [0.717, 1.165) is 6.26 Å². The second kappa shape index (κ2) is 4.73. The van der Waals surface area contributed by atoms with Gasteiger partial charge in [-0.1, -0.05) is 0 Å². The summed E-state index contributed by atoms with van der Waals surface area (Å²) in [5, 5.41) is 0. The highest BCUT2D eigenvalue weighted by atomic mass is 19.4. The van der Waals surface area contributed by atoms with Crippen molar-refractivity contribution in [2.75, 3.05) is 0 Å². The largest absolute Gasteiger partial charge is 0.419 e. The molecule has 3 nitrogen and oxygen atoms in total. The van der Waals surface area contributed by atoms with Crippen molar-refractivity contribution in [3.05, 3.63) is 41.8 Å². The first-order chi connectivity index (χ1) is 9.18. The second-order valence-electron chi connectivity index (χ2n) is 3.55. The average molecular weight is 296 g/mol. The fraction of sp³-hybridized carbons (Fsp3) is 0.182. The Morgan fingerprint density at radius 3 is 2.25 bits per heavy atom. The third kappa shape index (κ3) is 3.03. The highest BCUT2D eigenvalue weighted by Gasteiger charge is 2.38. The molecule has 0 spiro atoms. The molecule has 107 valence electrons. The molecule has 0 N–H and O–H groups in total. The monoisotopic (exact) mass is 296 g/mol. The second-order valence-corrected chi connectivity index (χ2v) is 3.55. The van der Waals surface area contributed by atoms with Gasteiger partial charge in [0, 0.05) is 0 Å². The van der Waals surface area contributed by atoms with E-state index in [1.807, 2.05) is 0 Å². The van der Waals surface area contributed by atoms with Gasteiger partial charge in [0.15, 0.2) is 0 Å². The standard InChI is InChI=1S/C11H4F6NO2/c12-10(13,14)6-1-2-7(11(15,16)17)8(5-6)20-9-18-3-4-19-9/h1-2,4-5H. The molecule has 2 aromatic rings. The van der Waals surface area contributed by atoms with Crippen molar-refractivity contribution in [3.8, 4) is 11.8 Å². The third-order valence-electron chi connectivity index (χ3n) is 2.18. The molecule has 0 aliphatic carbocycles. The van der Waals surface area contributed by atoms with E-state index < -0.39 is 35.3 Å². The number of hydrogen-bond acceptors (Lipinski definition) is 3. The molecule has 0 saturated heterocycles. The average Bonchev–Trinajstić information content (AvgIpc) is 2.79. The Kier molecular flexibility index (Phi) is 3.36. The van der Waals surface area contributed by atoms with Crippen molar-refractivity contribution < 1.29 is 35.5 Å². The molecule has 2 rings (SSSR count). The number of rotatable bonds is 2. The van der Waals surface area contributed by atoms with E-state index in [1.54, 1.807) is 0 Å². The summed E-state index contributed by atoms with van der Waals surface area (Å²) in [7, 11) is 0. The lowest BCUT2D eigenvalue weighted by atomic mass is 10.1. The maximum absolute atomic E-state index is 12.7. The fourth-order valence-electron chi connectivity index (χ4n) is 1.34. The zero-order valence-corrected chi connectivity index (χ0v) is 9.34. The molecule has 9 heteroatoms. The quantitative estimate of drug-likeness (QED) is 0.775.